The molecule has 0 aliphatic rings. The van der Waals surface area contributed by atoms with Crippen molar-refractivity contribution in [1.82, 2.24) is 0 Å². The van der Waals surface area contributed by atoms with Crippen LogP contribution >= 0.6 is 0 Å². The molecule has 0 fully saturated rings. The van der Waals surface area contributed by atoms with Gasteiger partial charge in [0.1, 0.15) is 0 Å². The van der Waals surface area contributed by atoms with Crippen LogP contribution in [0.2, 0.25) is 0 Å². The molecule has 0 aromatic rings. The van der Waals surface area contributed by atoms with Gasteiger partial charge in [-0.25, -0.2) is 0 Å². The van der Waals surface area contributed by atoms with Gasteiger partial charge in [-0.3, -0.25) is 4.79 Å². The molecule has 0 aliphatic heterocycles. The Morgan fingerprint density at radius 1 is 0.824 bits per heavy atom. The predicted octanol–water partition coefficient (Wildman–Crippen LogP) is 4.41. The Balaban J connectivity index is 3.13. The highest BCUT2D eigenvalue weighted by molar-refractivity contribution is 5.36. The van der Waals surface area contributed by atoms with Crippen LogP contribution in [0.5, 0.6) is 0 Å². The Morgan fingerprint density at radius 2 is 1.35 bits per heavy atom. The van der Waals surface area contributed by atoms with E-state index < -0.39 is 0 Å². The van der Waals surface area contributed by atoms with Gasteiger partial charge < -0.3 is 4.74 Å². The molecule has 2 nitrogen and oxygen atoms in total. The smallest absolute Gasteiger partial charge is 0.293 e. The van der Waals surface area contributed by atoms with Crippen LogP contribution in [-0.4, -0.2) is 13.1 Å². The van der Waals surface area contributed by atoms with Crippen LogP contribution in [0.3, 0.4) is 0 Å². The summed E-state index contributed by atoms with van der Waals surface area (Å²) in [6.07, 6.45) is 18.3. The van der Waals surface area contributed by atoms with Crippen LogP contribution in [0, 0.1) is 0 Å². The molecular formula is C15H26O2. The second-order valence-corrected chi connectivity index (χ2v) is 4.13. The third-order valence-corrected chi connectivity index (χ3v) is 2.50. The van der Waals surface area contributed by atoms with E-state index in [4.69, 9.17) is 0 Å². The van der Waals surface area contributed by atoms with Crippen LogP contribution in [0.1, 0.15) is 58.3 Å². The predicted molar refractivity (Wildman–Crippen MR) is 72.9 cm³/mol. The second-order valence-electron chi connectivity index (χ2n) is 4.13. The minimum absolute atomic E-state index is 0.509. The number of allylic oxidation sites excluding steroid dienone is 4. The Morgan fingerprint density at radius 3 is 1.88 bits per heavy atom. The van der Waals surface area contributed by atoms with E-state index in [-0.39, 0.29) is 0 Å². The fourth-order valence-corrected chi connectivity index (χ4v) is 1.48. The van der Waals surface area contributed by atoms with Gasteiger partial charge in [-0.15, -0.1) is 0 Å². The molecule has 98 valence electrons. The summed E-state index contributed by atoms with van der Waals surface area (Å²) < 4.78 is 4.60. The topological polar surface area (TPSA) is 26.3 Å². The van der Waals surface area contributed by atoms with Crippen LogP contribution in [-0.2, 0) is 9.53 Å². The summed E-state index contributed by atoms with van der Waals surface area (Å²) >= 11 is 0. The third kappa shape index (κ3) is 14.9. The molecule has 0 aromatic heterocycles. The van der Waals surface area contributed by atoms with E-state index in [0.717, 1.165) is 19.3 Å². The van der Waals surface area contributed by atoms with E-state index in [1.807, 2.05) is 0 Å². The van der Waals surface area contributed by atoms with Crippen molar-refractivity contribution < 1.29 is 9.53 Å². The van der Waals surface area contributed by atoms with E-state index in [0.29, 0.717) is 13.1 Å². The third-order valence-electron chi connectivity index (χ3n) is 2.50. The molecule has 0 N–H and O–H groups in total. The van der Waals surface area contributed by atoms with Gasteiger partial charge in [-0.2, -0.15) is 0 Å². The monoisotopic (exact) mass is 238 g/mol. The molecule has 0 saturated heterocycles. The zero-order valence-corrected chi connectivity index (χ0v) is 11.1. The average molecular weight is 238 g/mol. The zero-order chi connectivity index (χ0) is 12.6. The van der Waals surface area contributed by atoms with Crippen molar-refractivity contribution in [1.29, 1.82) is 0 Å². The largest absolute Gasteiger partial charge is 0.468 e. The van der Waals surface area contributed by atoms with Crippen molar-refractivity contribution in [2.75, 3.05) is 6.61 Å². The molecule has 0 aromatic carbocycles. The average Bonchev–Trinajstić information content (AvgIpc) is 2.35. The lowest BCUT2D eigenvalue weighted by Crippen LogP contribution is -1.89. The molecular weight excluding hydrogens is 212 g/mol. The molecule has 0 spiro atoms. The molecule has 0 radical (unpaired) electrons. The first-order valence-corrected chi connectivity index (χ1v) is 6.77. The molecule has 0 heterocycles. The number of hydrogen-bond donors (Lipinski definition) is 0. The quantitative estimate of drug-likeness (QED) is 0.286. The van der Waals surface area contributed by atoms with Crippen LogP contribution in [0.15, 0.2) is 24.3 Å². The van der Waals surface area contributed by atoms with Gasteiger partial charge in [-0.05, 0) is 38.5 Å². The Kier molecular flexibility index (Phi) is 14.0. The maximum atomic E-state index is 9.86. The Hall–Kier alpha value is -1.05. The highest BCUT2D eigenvalue weighted by Gasteiger charge is 1.84. The highest BCUT2D eigenvalue weighted by atomic mass is 16.5. The van der Waals surface area contributed by atoms with Gasteiger partial charge in [0.05, 0.1) is 6.61 Å². The summed E-state index contributed by atoms with van der Waals surface area (Å²) in [4.78, 5) is 9.86. The summed E-state index contributed by atoms with van der Waals surface area (Å²) in [6.45, 7) is 3.27. The number of ether oxygens (including phenoxy) is 1. The molecule has 17 heavy (non-hydrogen) atoms. The lowest BCUT2D eigenvalue weighted by atomic mass is 10.2. The molecule has 2 heteroatoms. The maximum Gasteiger partial charge on any atom is 0.293 e. The van der Waals surface area contributed by atoms with E-state index in [1.165, 1.54) is 32.1 Å². The fraction of sp³-hybridized carbons (Fsp3) is 0.667. The first kappa shape index (κ1) is 16.0. The van der Waals surface area contributed by atoms with Crippen molar-refractivity contribution in [2.24, 2.45) is 0 Å². The van der Waals surface area contributed by atoms with Crippen LogP contribution < -0.4 is 0 Å². The summed E-state index contributed by atoms with van der Waals surface area (Å²) in [6, 6.07) is 0. The van der Waals surface area contributed by atoms with Gasteiger partial charge in [0.2, 0.25) is 0 Å². The summed E-state index contributed by atoms with van der Waals surface area (Å²) in [5.74, 6) is 0. The maximum absolute atomic E-state index is 9.86. The van der Waals surface area contributed by atoms with Gasteiger partial charge in [0.25, 0.3) is 6.47 Å². The van der Waals surface area contributed by atoms with Crippen LogP contribution in [0.25, 0.3) is 0 Å². The molecule has 0 amide bonds. The van der Waals surface area contributed by atoms with Gasteiger partial charge >= 0.3 is 0 Å². The second kappa shape index (κ2) is 14.9. The number of unbranched alkanes of at least 4 members (excludes halogenated alkanes) is 5. The first-order chi connectivity index (χ1) is 8.41. The minimum atomic E-state index is 0.509. The van der Waals surface area contributed by atoms with Crippen molar-refractivity contribution >= 4 is 6.47 Å². The summed E-state index contributed by atoms with van der Waals surface area (Å²) in [7, 11) is 0. The Bertz CT molecular complexity index is 207. The summed E-state index contributed by atoms with van der Waals surface area (Å²) in [5.41, 5.74) is 0. The normalized spacial score (nSPS) is 11.4. The molecule has 0 bridgehead atoms. The highest BCUT2D eigenvalue weighted by Crippen LogP contribution is 2.02. The Labute approximate surface area is 106 Å². The first-order valence-electron chi connectivity index (χ1n) is 6.77. The molecule has 0 saturated carbocycles. The fourth-order valence-electron chi connectivity index (χ4n) is 1.48. The lowest BCUT2D eigenvalue weighted by molar-refractivity contribution is -0.128. The van der Waals surface area contributed by atoms with E-state index >= 15 is 0 Å². The summed E-state index contributed by atoms with van der Waals surface area (Å²) in [5, 5.41) is 0. The van der Waals surface area contributed by atoms with Crippen molar-refractivity contribution in [2.45, 2.75) is 58.3 Å². The zero-order valence-electron chi connectivity index (χ0n) is 11.1. The van der Waals surface area contributed by atoms with E-state index in [1.54, 1.807) is 0 Å². The van der Waals surface area contributed by atoms with Crippen molar-refractivity contribution in [3.8, 4) is 0 Å². The van der Waals surface area contributed by atoms with Gasteiger partial charge in [0.15, 0.2) is 0 Å². The standard InChI is InChI=1S/C15H26O2/c1-2-3-4-5-6-7-8-9-10-11-12-13-14-17-15-16/h5-6,10-11,15H,2-4,7-9,12-14H2,1H3. The number of carbonyl (C=O) groups is 1. The molecule has 0 aliphatic carbocycles. The number of hydrogen-bond acceptors (Lipinski definition) is 2. The number of carbonyl (C=O) groups excluding carboxylic acids is 1. The number of rotatable bonds is 12. The van der Waals surface area contributed by atoms with Crippen molar-refractivity contribution in [3.63, 3.8) is 0 Å². The lowest BCUT2D eigenvalue weighted by Gasteiger charge is -1.94. The SMILES string of the molecule is CCCCC=CCCCC=CCCCOC=O. The minimum Gasteiger partial charge on any atom is -0.468 e. The van der Waals surface area contributed by atoms with Gasteiger partial charge in [-0.1, -0.05) is 44.1 Å². The van der Waals surface area contributed by atoms with Crippen LogP contribution in [0.4, 0.5) is 0 Å². The molecule has 0 rings (SSSR count). The molecule has 0 atom stereocenters. The molecule has 0 unspecified atom stereocenters. The van der Waals surface area contributed by atoms with Crippen molar-refractivity contribution in [3.05, 3.63) is 24.3 Å². The van der Waals surface area contributed by atoms with E-state index in [9.17, 15) is 4.79 Å². The van der Waals surface area contributed by atoms with Gasteiger partial charge in [0, 0.05) is 0 Å². The van der Waals surface area contributed by atoms with E-state index in [2.05, 4.69) is 36.0 Å².